The van der Waals surface area contributed by atoms with Gasteiger partial charge in [-0.2, -0.15) is 0 Å². The molecule has 0 saturated carbocycles. The number of benzene rings is 1. The van der Waals surface area contributed by atoms with E-state index in [4.69, 9.17) is 10.2 Å². The highest BCUT2D eigenvalue weighted by Gasteiger charge is 2.16. The molecule has 1 aliphatic heterocycles. The zero-order valence-corrected chi connectivity index (χ0v) is 10.5. The molecule has 0 saturated heterocycles. The van der Waals surface area contributed by atoms with Gasteiger partial charge in [0.15, 0.2) is 11.7 Å². The molecule has 1 aromatic carbocycles. The number of nitrogens with zero attached hydrogens (tertiary/aromatic N) is 1. The van der Waals surface area contributed by atoms with Gasteiger partial charge in [-0.1, -0.05) is 0 Å². The highest BCUT2D eigenvalue weighted by atomic mass is 16.4. The zero-order chi connectivity index (χ0) is 13.2. The summed E-state index contributed by atoms with van der Waals surface area (Å²) in [7, 11) is 0. The summed E-state index contributed by atoms with van der Waals surface area (Å²) in [6, 6.07) is 5.88. The maximum atomic E-state index is 11.3. The fourth-order valence-corrected chi connectivity index (χ4v) is 2.22. The normalized spacial score (nSPS) is 14.1. The Hall–Kier alpha value is -2.14. The van der Waals surface area contributed by atoms with Gasteiger partial charge < -0.3 is 15.5 Å². The summed E-state index contributed by atoms with van der Waals surface area (Å²) in [5.41, 5.74) is 8.47. The van der Waals surface area contributed by atoms with Crippen LogP contribution in [0.15, 0.2) is 28.8 Å². The maximum absolute atomic E-state index is 11.3. The highest BCUT2D eigenvalue weighted by molar-refractivity contribution is 5.94. The number of hydrogen-bond donors (Lipinski definition) is 2. The van der Waals surface area contributed by atoms with Crippen molar-refractivity contribution < 1.29 is 9.21 Å². The minimum atomic E-state index is 0.0742. The number of hydrogen-bond acceptors (Lipinski definition) is 4. The summed E-state index contributed by atoms with van der Waals surface area (Å²) < 4.78 is 5.64. The predicted molar refractivity (Wildman–Crippen MR) is 71.6 cm³/mol. The Morgan fingerprint density at radius 3 is 3.11 bits per heavy atom. The van der Waals surface area contributed by atoms with Crippen LogP contribution >= 0.6 is 0 Å². The second-order valence-electron chi connectivity index (χ2n) is 4.58. The van der Waals surface area contributed by atoms with Crippen LogP contribution in [0, 0.1) is 0 Å². The number of carbonyl (C=O) groups is 1. The number of anilines is 1. The van der Waals surface area contributed by atoms with Crippen LogP contribution < -0.4 is 11.1 Å². The molecule has 98 valence electrons. The smallest absolute Gasteiger partial charge is 0.224 e. The first kappa shape index (κ1) is 11.9. The molecule has 2 aromatic rings. The Kier molecular flexibility index (Phi) is 3.05. The van der Waals surface area contributed by atoms with E-state index in [1.54, 1.807) is 6.20 Å². The van der Waals surface area contributed by atoms with Crippen LogP contribution in [0.4, 0.5) is 5.69 Å². The van der Waals surface area contributed by atoms with Crippen LogP contribution in [0.2, 0.25) is 0 Å². The predicted octanol–water partition coefficient (Wildman–Crippen LogP) is 1.73. The Balaban J connectivity index is 1.90. The number of aryl methyl sites for hydroxylation is 1. The monoisotopic (exact) mass is 257 g/mol. The Bertz CT molecular complexity index is 619. The minimum absolute atomic E-state index is 0.0742. The van der Waals surface area contributed by atoms with E-state index in [0.717, 1.165) is 29.0 Å². The molecule has 0 spiro atoms. The van der Waals surface area contributed by atoms with Crippen molar-refractivity contribution in [3.63, 3.8) is 0 Å². The number of oxazole rings is 1. The molecule has 0 unspecified atom stereocenters. The van der Waals surface area contributed by atoms with Crippen molar-refractivity contribution in [1.29, 1.82) is 0 Å². The number of aromatic nitrogens is 1. The first-order chi connectivity index (χ1) is 9.26. The van der Waals surface area contributed by atoms with Crippen molar-refractivity contribution in [3.8, 4) is 11.3 Å². The van der Waals surface area contributed by atoms with E-state index in [9.17, 15) is 4.79 Å². The van der Waals surface area contributed by atoms with E-state index in [1.165, 1.54) is 0 Å². The molecule has 0 fully saturated rings. The minimum Gasteiger partial charge on any atom is -0.441 e. The van der Waals surface area contributed by atoms with Gasteiger partial charge in [0, 0.05) is 30.6 Å². The lowest BCUT2D eigenvalue weighted by molar-refractivity contribution is -0.116. The molecular formula is C14H15N3O2. The van der Waals surface area contributed by atoms with Crippen LogP contribution in [0.25, 0.3) is 11.3 Å². The summed E-state index contributed by atoms with van der Waals surface area (Å²) in [5.74, 6) is 1.47. The van der Waals surface area contributed by atoms with Gasteiger partial charge in [0.2, 0.25) is 5.91 Å². The average Bonchev–Trinajstić information content (AvgIpc) is 2.87. The Morgan fingerprint density at radius 1 is 1.37 bits per heavy atom. The molecule has 3 rings (SSSR count). The molecule has 5 heteroatoms. The number of carbonyl (C=O) groups excluding carboxylic acids is 1. The van der Waals surface area contributed by atoms with Gasteiger partial charge in [-0.05, 0) is 30.2 Å². The van der Waals surface area contributed by atoms with E-state index >= 15 is 0 Å². The van der Waals surface area contributed by atoms with Crippen molar-refractivity contribution in [2.75, 3.05) is 11.9 Å². The third-order valence-electron chi connectivity index (χ3n) is 3.20. The SMILES string of the molecule is NCCc1ncc(-c2ccc3c(c2)CCC(=O)N3)o1. The largest absolute Gasteiger partial charge is 0.441 e. The van der Waals surface area contributed by atoms with Crippen molar-refractivity contribution in [2.45, 2.75) is 19.3 Å². The fraction of sp³-hybridized carbons (Fsp3) is 0.286. The summed E-state index contributed by atoms with van der Waals surface area (Å²) in [4.78, 5) is 15.5. The number of rotatable bonds is 3. The quantitative estimate of drug-likeness (QED) is 0.877. The van der Waals surface area contributed by atoms with Gasteiger partial charge in [0.1, 0.15) is 0 Å². The highest BCUT2D eigenvalue weighted by Crippen LogP contribution is 2.29. The second-order valence-corrected chi connectivity index (χ2v) is 4.58. The molecule has 3 N–H and O–H groups in total. The summed E-state index contributed by atoms with van der Waals surface area (Å²) in [6.07, 6.45) is 3.65. The zero-order valence-electron chi connectivity index (χ0n) is 10.5. The van der Waals surface area contributed by atoms with Gasteiger partial charge >= 0.3 is 0 Å². The molecule has 0 radical (unpaired) electrons. The molecular weight excluding hydrogens is 242 g/mol. The van der Waals surface area contributed by atoms with Crippen molar-refractivity contribution >= 4 is 11.6 Å². The van der Waals surface area contributed by atoms with Crippen molar-refractivity contribution in [3.05, 3.63) is 35.9 Å². The van der Waals surface area contributed by atoms with Crippen molar-refractivity contribution in [2.24, 2.45) is 5.73 Å². The molecule has 5 nitrogen and oxygen atoms in total. The Labute approximate surface area is 110 Å². The van der Waals surface area contributed by atoms with E-state index in [1.807, 2.05) is 18.2 Å². The first-order valence-electron chi connectivity index (χ1n) is 6.34. The molecule has 1 aromatic heterocycles. The van der Waals surface area contributed by atoms with Crippen LogP contribution in [-0.2, 0) is 17.6 Å². The van der Waals surface area contributed by atoms with Crippen molar-refractivity contribution in [1.82, 2.24) is 4.98 Å². The lowest BCUT2D eigenvalue weighted by atomic mass is 10.00. The van der Waals surface area contributed by atoms with E-state index < -0.39 is 0 Å². The first-order valence-corrected chi connectivity index (χ1v) is 6.34. The van der Waals surface area contributed by atoms with Gasteiger partial charge in [-0.15, -0.1) is 0 Å². The molecule has 0 aliphatic carbocycles. The van der Waals surface area contributed by atoms with Crippen LogP contribution in [0.5, 0.6) is 0 Å². The van der Waals surface area contributed by atoms with Gasteiger partial charge in [0.05, 0.1) is 6.20 Å². The van der Waals surface area contributed by atoms with Gasteiger partial charge in [0.25, 0.3) is 0 Å². The van der Waals surface area contributed by atoms with Gasteiger partial charge in [-0.25, -0.2) is 4.98 Å². The van der Waals surface area contributed by atoms with E-state index in [-0.39, 0.29) is 5.91 Å². The third-order valence-corrected chi connectivity index (χ3v) is 3.20. The lowest BCUT2D eigenvalue weighted by Gasteiger charge is -2.16. The number of nitrogens with two attached hydrogens (primary N) is 1. The molecule has 1 aliphatic rings. The summed E-state index contributed by atoms with van der Waals surface area (Å²) in [5, 5.41) is 2.86. The average molecular weight is 257 g/mol. The van der Waals surface area contributed by atoms with Crippen LogP contribution in [-0.4, -0.2) is 17.4 Å². The number of fused-ring (bicyclic) bond motifs is 1. The van der Waals surface area contributed by atoms with Gasteiger partial charge in [-0.3, -0.25) is 4.79 Å². The lowest BCUT2D eigenvalue weighted by Crippen LogP contribution is -2.18. The molecule has 2 heterocycles. The molecule has 1 amide bonds. The summed E-state index contributed by atoms with van der Waals surface area (Å²) in [6.45, 7) is 0.524. The molecule has 0 bridgehead atoms. The van der Waals surface area contributed by atoms with E-state index in [2.05, 4.69) is 10.3 Å². The van der Waals surface area contributed by atoms with Crippen LogP contribution in [0.3, 0.4) is 0 Å². The second kappa shape index (κ2) is 4.85. The standard InChI is InChI=1S/C14H15N3O2/c15-6-5-14-16-8-12(19-14)10-1-3-11-9(7-10)2-4-13(18)17-11/h1,3,7-8H,2,4-6,15H2,(H,17,18). The fourth-order valence-electron chi connectivity index (χ4n) is 2.22. The van der Waals surface area contributed by atoms with E-state index in [0.29, 0.717) is 25.3 Å². The molecule has 0 atom stereocenters. The Morgan fingerprint density at radius 2 is 2.26 bits per heavy atom. The number of nitrogens with one attached hydrogen (secondary N) is 1. The topological polar surface area (TPSA) is 81.1 Å². The molecule has 19 heavy (non-hydrogen) atoms. The summed E-state index contributed by atoms with van der Waals surface area (Å²) >= 11 is 0. The maximum Gasteiger partial charge on any atom is 0.224 e. The third kappa shape index (κ3) is 2.37. The number of amides is 1. The van der Waals surface area contributed by atoms with Crippen LogP contribution in [0.1, 0.15) is 17.9 Å².